The SMILES string of the molecule is CCCCCCCCCCCCCCCCCC/C=C/CC/C=C/CC/C=C/CCCC(O)C(O)C(CO)NC(=O)C(O)CCCCCCCCCC. The first kappa shape index (κ1) is 51.5. The molecule has 5 N–H and O–H groups in total. The van der Waals surface area contributed by atoms with Crippen molar-refractivity contribution in [1.29, 1.82) is 0 Å². The van der Waals surface area contributed by atoms with Crippen LogP contribution in [0.1, 0.15) is 226 Å². The molecule has 0 aliphatic rings. The van der Waals surface area contributed by atoms with E-state index in [1.165, 1.54) is 141 Å². The fourth-order valence-electron chi connectivity index (χ4n) is 6.91. The number of hydrogen-bond acceptors (Lipinski definition) is 5. The van der Waals surface area contributed by atoms with Crippen molar-refractivity contribution in [2.75, 3.05) is 6.61 Å². The minimum atomic E-state index is -1.29. The van der Waals surface area contributed by atoms with Crippen LogP contribution in [0.15, 0.2) is 36.5 Å². The lowest BCUT2D eigenvalue weighted by atomic mass is 10.00. The molecule has 4 unspecified atom stereocenters. The van der Waals surface area contributed by atoms with E-state index in [1.54, 1.807) is 0 Å². The van der Waals surface area contributed by atoms with Crippen LogP contribution in [0.4, 0.5) is 0 Å². The van der Waals surface area contributed by atoms with Crippen LogP contribution in [0.5, 0.6) is 0 Å². The van der Waals surface area contributed by atoms with E-state index in [0.29, 0.717) is 19.3 Å². The number of amides is 1. The van der Waals surface area contributed by atoms with Gasteiger partial charge in [-0.3, -0.25) is 4.79 Å². The summed E-state index contributed by atoms with van der Waals surface area (Å²) in [5, 5.41) is 43.4. The number of unbranched alkanes of at least 4 members (excludes halogenated alkanes) is 26. The molecular formula is C47H89NO5. The average Bonchev–Trinajstić information content (AvgIpc) is 3.16. The second kappa shape index (κ2) is 41.7. The Morgan fingerprint density at radius 1 is 0.453 bits per heavy atom. The van der Waals surface area contributed by atoms with Crippen LogP contribution in [0.25, 0.3) is 0 Å². The van der Waals surface area contributed by atoms with Gasteiger partial charge in [-0.2, -0.15) is 0 Å². The topological polar surface area (TPSA) is 110 Å². The van der Waals surface area contributed by atoms with Crippen LogP contribution in [0, 0.1) is 0 Å². The van der Waals surface area contributed by atoms with Gasteiger partial charge >= 0.3 is 0 Å². The number of rotatable bonds is 41. The van der Waals surface area contributed by atoms with E-state index in [9.17, 15) is 25.2 Å². The molecule has 1 amide bonds. The van der Waals surface area contributed by atoms with Gasteiger partial charge in [0.1, 0.15) is 12.2 Å². The molecule has 0 spiro atoms. The Labute approximate surface area is 328 Å². The third-order valence-electron chi connectivity index (χ3n) is 10.6. The minimum absolute atomic E-state index is 0.358. The van der Waals surface area contributed by atoms with Crippen LogP contribution in [-0.4, -0.2) is 57.3 Å². The van der Waals surface area contributed by atoms with Crippen molar-refractivity contribution < 1.29 is 25.2 Å². The van der Waals surface area contributed by atoms with Gasteiger partial charge in [0.05, 0.1) is 18.8 Å². The minimum Gasteiger partial charge on any atom is -0.394 e. The maximum Gasteiger partial charge on any atom is 0.249 e. The number of aliphatic hydroxyl groups excluding tert-OH is 4. The van der Waals surface area contributed by atoms with Crippen molar-refractivity contribution in [3.63, 3.8) is 0 Å². The molecule has 0 aliphatic heterocycles. The van der Waals surface area contributed by atoms with Gasteiger partial charge in [0, 0.05) is 0 Å². The van der Waals surface area contributed by atoms with Crippen molar-refractivity contribution in [3.05, 3.63) is 36.5 Å². The number of carbonyl (C=O) groups excluding carboxylic acids is 1. The van der Waals surface area contributed by atoms with E-state index >= 15 is 0 Å². The van der Waals surface area contributed by atoms with Gasteiger partial charge in [0.15, 0.2) is 0 Å². The summed E-state index contributed by atoms with van der Waals surface area (Å²) in [6, 6.07) is -1.01. The lowest BCUT2D eigenvalue weighted by Gasteiger charge is -2.27. The number of nitrogens with one attached hydrogen (secondary N) is 1. The zero-order valence-corrected chi connectivity index (χ0v) is 35.0. The monoisotopic (exact) mass is 748 g/mol. The molecule has 0 aliphatic carbocycles. The average molecular weight is 748 g/mol. The standard InChI is InChI=1S/C47H89NO5/c1-3-5-7-9-11-13-14-15-16-17-18-19-20-21-22-23-24-25-26-27-28-29-30-31-32-33-35-36-38-40-44(50)46(52)43(42-49)48-47(53)45(51)41-39-37-34-12-10-8-6-4-2/h25-26,29-30,33,35,43-46,49-52H,3-24,27-28,31-32,34,36-42H2,1-2H3,(H,48,53)/b26-25+,30-29+,35-33+. The van der Waals surface area contributed by atoms with E-state index < -0.39 is 36.9 Å². The quantitative estimate of drug-likeness (QED) is 0.0316. The highest BCUT2D eigenvalue weighted by Gasteiger charge is 2.28. The van der Waals surface area contributed by atoms with Crippen LogP contribution < -0.4 is 5.32 Å². The molecular weight excluding hydrogens is 659 g/mol. The van der Waals surface area contributed by atoms with Crippen molar-refractivity contribution in [2.45, 2.75) is 250 Å². The highest BCUT2D eigenvalue weighted by Crippen LogP contribution is 2.15. The Balaban J connectivity index is 3.70. The van der Waals surface area contributed by atoms with Crippen LogP contribution in [-0.2, 0) is 4.79 Å². The predicted molar refractivity (Wildman–Crippen MR) is 228 cm³/mol. The van der Waals surface area contributed by atoms with E-state index in [0.717, 1.165) is 51.4 Å². The molecule has 0 radical (unpaired) electrons. The summed E-state index contributed by atoms with van der Waals surface area (Å²) >= 11 is 0. The molecule has 0 aromatic heterocycles. The first-order valence-electron chi connectivity index (χ1n) is 22.9. The Morgan fingerprint density at radius 3 is 1.19 bits per heavy atom. The highest BCUT2D eigenvalue weighted by molar-refractivity contribution is 5.80. The van der Waals surface area contributed by atoms with Gasteiger partial charge in [0.2, 0.25) is 5.91 Å². The van der Waals surface area contributed by atoms with Crippen molar-refractivity contribution >= 4 is 5.91 Å². The number of carbonyl (C=O) groups is 1. The Morgan fingerprint density at radius 2 is 0.792 bits per heavy atom. The molecule has 53 heavy (non-hydrogen) atoms. The van der Waals surface area contributed by atoms with Gasteiger partial charge in [-0.05, 0) is 64.2 Å². The Kier molecular flexibility index (Phi) is 40.5. The zero-order chi connectivity index (χ0) is 38.9. The zero-order valence-electron chi connectivity index (χ0n) is 35.0. The third-order valence-corrected chi connectivity index (χ3v) is 10.6. The van der Waals surface area contributed by atoms with E-state index in [-0.39, 0.29) is 0 Å². The van der Waals surface area contributed by atoms with Crippen LogP contribution in [0.2, 0.25) is 0 Å². The van der Waals surface area contributed by atoms with Gasteiger partial charge in [-0.1, -0.05) is 198 Å². The molecule has 6 heteroatoms. The molecule has 0 saturated carbocycles. The maximum atomic E-state index is 12.4. The lowest BCUT2D eigenvalue weighted by molar-refractivity contribution is -0.132. The number of aliphatic hydroxyl groups is 4. The summed E-state index contributed by atoms with van der Waals surface area (Å²) in [4.78, 5) is 12.4. The number of hydrogen-bond donors (Lipinski definition) is 5. The van der Waals surface area contributed by atoms with Crippen LogP contribution >= 0.6 is 0 Å². The smallest absolute Gasteiger partial charge is 0.249 e. The van der Waals surface area contributed by atoms with Gasteiger partial charge in [-0.15, -0.1) is 0 Å². The van der Waals surface area contributed by atoms with E-state index in [1.807, 2.05) is 0 Å². The maximum absolute atomic E-state index is 12.4. The molecule has 0 fully saturated rings. The second-order valence-electron chi connectivity index (χ2n) is 15.7. The summed E-state index contributed by atoms with van der Waals surface area (Å²) in [6.07, 6.45) is 49.3. The van der Waals surface area contributed by atoms with E-state index in [2.05, 4.69) is 55.6 Å². The second-order valence-corrected chi connectivity index (χ2v) is 15.7. The van der Waals surface area contributed by atoms with Crippen molar-refractivity contribution in [2.24, 2.45) is 0 Å². The molecule has 0 saturated heterocycles. The molecule has 312 valence electrons. The molecule has 0 aromatic rings. The van der Waals surface area contributed by atoms with Gasteiger partial charge in [-0.25, -0.2) is 0 Å². The number of allylic oxidation sites excluding steroid dienone is 6. The summed E-state index contributed by atoms with van der Waals surface area (Å²) in [7, 11) is 0. The third kappa shape index (κ3) is 36.0. The molecule has 0 aromatic carbocycles. The first-order valence-corrected chi connectivity index (χ1v) is 22.9. The Bertz CT molecular complexity index is 843. The van der Waals surface area contributed by atoms with Crippen LogP contribution in [0.3, 0.4) is 0 Å². The van der Waals surface area contributed by atoms with Gasteiger partial charge < -0.3 is 25.7 Å². The molecule has 4 atom stereocenters. The largest absolute Gasteiger partial charge is 0.394 e. The van der Waals surface area contributed by atoms with Crippen molar-refractivity contribution in [3.8, 4) is 0 Å². The highest BCUT2D eigenvalue weighted by atomic mass is 16.3. The predicted octanol–water partition coefficient (Wildman–Crippen LogP) is 12.1. The summed E-state index contributed by atoms with van der Waals surface area (Å²) in [5.41, 5.74) is 0. The fraction of sp³-hybridized carbons (Fsp3) is 0.851. The van der Waals surface area contributed by atoms with Gasteiger partial charge in [0.25, 0.3) is 0 Å². The summed E-state index contributed by atoms with van der Waals surface area (Å²) < 4.78 is 0. The normalized spacial score (nSPS) is 14.5. The van der Waals surface area contributed by atoms with E-state index in [4.69, 9.17) is 0 Å². The fourth-order valence-corrected chi connectivity index (χ4v) is 6.91. The van der Waals surface area contributed by atoms with Crippen molar-refractivity contribution in [1.82, 2.24) is 5.32 Å². The summed E-state index contributed by atoms with van der Waals surface area (Å²) in [5.74, 6) is -0.604. The Hall–Kier alpha value is -1.47. The summed E-state index contributed by atoms with van der Waals surface area (Å²) in [6.45, 7) is 3.99. The molecule has 0 bridgehead atoms. The molecule has 0 heterocycles. The lowest BCUT2D eigenvalue weighted by Crippen LogP contribution is -2.53. The molecule has 6 nitrogen and oxygen atoms in total. The molecule has 0 rings (SSSR count). The first-order chi connectivity index (χ1) is 26.0.